The summed E-state index contributed by atoms with van der Waals surface area (Å²) in [6.07, 6.45) is 9.35. The van der Waals surface area contributed by atoms with Gasteiger partial charge < -0.3 is 14.5 Å². The van der Waals surface area contributed by atoms with Gasteiger partial charge in [-0.2, -0.15) is 5.10 Å². The zero-order chi connectivity index (χ0) is 29.3. The maximum Gasteiger partial charge on any atom is 0.255 e. The van der Waals surface area contributed by atoms with Crippen LogP contribution in [0.2, 0.25) is 0 Å². The van der Waals surface area contributed by atoms with E-state index in [1.54, 1.807) is 11.0 Å². The fraction of sp³-hybridized carbons (Fsp3) is 0.375. The number of amides is 3. The molecule has 1 N–H and O–H groups in total. The monoisotopic (exact) mass is 579 g/mol. The fourth-order valence-corrected chi connectivity index (χ4v) is 6.29. The first-order chi connectivity index (χ1) is 21.0. The molecule has 0 bridgehead atoms. The van der Waals surface area contributed by atoms with Crippen LogP contribution in [0.5, 0.6) is 5.75 Å². The van der Waals surface area contributed by atoms with Crippen molar-refractivity contribution in [3.63, 3.8) is 0 Å². The number of piperidine rings is 2. The predicted molar refractivity (Wildman–Crippen MR) is 158 cm³/mol. The van der Waals surface area contributed by atoms with Crippen LogP contribution in [0.3, 0.4) is 0 Å². The second-order valence-corrected chi connectivity index (χ2v) is 11.4. The van der Waals surface area contributed by atoms with Crippen LogP contribution >= 0.6 is 0 Å². The number of para-hydroxylation sites is 2. The molecule has 2 aromatic heterocycles. The molecule has 1 unspecified atom stereocenters. The van der Waals surface area contributed by atoms with Crippen molar-refractivity contribution in [2.45, 2.75) is 50.7 Å². The van der Waals surface area contributed by atoms with Crippen molar-refractivity contribution >= 4 is 28.8 Å². The summed E-state index contributed by atoms with van der Waals surface area (Å²) < 4.78 is 8.11. The molecule has 3 aliphatic heterocycles. The number of fused-ring (bicyclic) bond motifs is 2. The number of nitrogens with zero attached hydrogens (tertiary/aromatic N) is 6. The Morgan fingerprint density at radius 2 is 1.81 bits per heavy atom. The Hall–Kier alpha value is -4.64. The predicted octanol–water partition coefficient (Wildman–Crippen LogP) is 3.36. The molecule has 0 saturated carbocycles. The van der Waals surface area contributed by atoms with Gasteiger partial charge in [0.1, 0.15) is 11.8 Å². The molecule has 43 heavy (non-hydrogen) atoms. The number of imide groups is 1. The molecule has 7 rings (SSSR count). The first-order valence-electron chi connectivity index (χ1n) is 14.9. The maximum atomic E-state index is 12.9. The molecule has 2 saturated heterocycles. The molecule has 1 atom stereocenters. The zero-order valence-electron chi connectivity index (χ0n) is 23.8. The van der Waals surface area contributed by atoms with E-state index in [2.05, 4.69) is 31.2 Å². The Bertz CT molecular complexity index is 1690. The summed E-state index contributed by atoms with van der Waals surface area (Å²) in [6, 6.07) is 13.1. The minimum absolute atomic E-state index is 0.173. The number of ether oxygens (including phenoxy) is 1. The lowest BCUT2D eigenvalue weighted by Gasteiger charge is -2.32. The number of likely N-dealkylation sites (tertiary alicyclic amines) is 1. The van der Waals surface area contributed by atoms with E-state index in [0.29, 0.717) is 31.2 Å². The smallest absolute Gasteiger partial charge is 0.255 e. The SMILES string of the molecule is O=C1CCC(N2Cc3cc(OCCCN4CCC(n5cc(-c6cnc7ccccc7n6)cn5)CC4)ccc3C2=O)C(=O)N1. The van der Waals surface area contributed by atoms with Crippen LogP contribution in [-0.2, 0) is 16.1 Å². The Morgan fingerprint density at radius 1 is 0.977 bits per heavy atom. The van der Waals surface area contributed by atoms with Crippen LogP contribution in [0.15, 0.2) is 61.1 Å². The Labute approximate surface area is 248 Å². The van der Waals surface area contributed by atoms with Crippen LogP contribution in [-0.4, -0.2) is 79.6 Å². The first kappa shape index (κ1) is 27.2. The number of carbonyl (C=O) groups excluding carboxylic acids is 3. The Balaban J connectivity index is 0.866. The lowest BCUT2D eigenvalue weighted by Crippen LogP contribution is -2.52. The van der Waals surface area contributed by atoms with Gasteiger partial charge in [-0.05, 0) is 61.6 Å². The van der Waals surface area contributed by atoms with Gasteiger partial charge in [0, 0.05) is 49.9 Å². The van der Waals surface area contributed by atoms with Gasteiger partial charge in [0.15, 0.2) is 0 Å². The van der Waals surface area contributed by atoms with E-state index >= 15 is 0 Å². The summed E-state index contributed by atoms with van der Waals surface area (Å²) in [6.45, 7) is 3.90. The van der Waals surface area contributed by atoms with Crippen LogP contribution in [0.4, 0.5) is 0 Å². The molecule has 0 spiro atoms. The topological polar surface area (TPSA) is 123 Å². The maximum absolute atomic E-state index is 12.9. The summed E-state index contributed by atoms with van der Waals surface area (Å²) >= 11 is 0. The van der Waals surface area contributed by atoms with Gasteiger partial charge in [-0.1, -0.05) is 12.1 Å². The largest absolute Gasteiger partial charge is 0.494 e. The molecule has 2 aromatic carbocycles. The molecule has 11 nitrogen and oxygen atoms in total. The third-order valence-electron chi connectivity index (χ3n) is 8.66. The summed E-state index contributed by atoms with van der Waals surface area (Å²) in [5, 5.41) is 6.99. The van der Waals surface area contributed by atoms with E-state index < -0.39 is 11.9 Å². The van der Waals surface area contributed by atoms with Crippen molar-refractivity contribution in [1.29, 1.82) is 0 Å². The van der Waals surface area contributed by atoms with E-state index in [0.717, 1.165) is 72.5 Å². The highest BCUT2D eigenvalue weighted by molar-refractivity contribution is 6.05. The second-order valence-electron chi connectivity index (χ2n) is 11.4. The molecule has 3 amide bonds. The number of rotatable bonds is 8. The van der Waals surface area contributed by atoms with Gasteiger partial charge in [-0.3, -0.25) is 29.4 Å². The van der Waals surface area contributed by atoms with Crippen molar-refractivity contribution in [3.05, 3.63) is 72.2 Å². The number of benzene rings is 2. The minimum atomic E-state index is -0.611. The average molecular weight is 580 g/mol. The standard InChI is InChI=1S/C32H33N7O4/c40-30-9-8-29(31(41)36-30)38-19-21-16-24(6-7-25(21)32(38)42)43-15-3-12-37-13-10-23(11-14-37)39-20-22(17-34-39)28-18-33-26-4-1-2-5-27(26)35-28/h1-2,4-7,16-18,20,23,29H,3,8-15,19H2,(H,36,40,41). The number of carbonyl (C=O) groups is 3. The second kappa shape index (κ2) is 11.6. The lowest BCUT2D eigenvalue weighted by molar-refractivity contribution is -0.136. The van der Waals surface area contributed by atoms with Crippen molar-refractivity contribution < 1.29 is 19.1 Å². The Kier molecular flexibility index (Phi) is 7.32. The molecule has 3 aliphatic rings. The quantitative estimate of drug-likeness (QED) is 0.249. The number of aromatic nitrogens is 4. The molecule has 5 heterocycles. The van der Waals surface area contributed by atoms with E-state index in [9.17, 15) is 14.4 Å². The summed E-state index contributed by atoms with van der Waals surface area (Å²) in [5.74, 6) is -0.136. The molecule has 0 aliphatic carbocycles. The van der Waals surface area contributed by atoms with E-state index in [-0.39, 0.29) is 18.2 Å². The third-order valence-corrected chi connectivity index (χ3v) is 8.66. The van der Waals surface area contributed by atoms with E-state index in [1.165, 1.54) is 0 Å². The van der Waals surface area contributed by atoms with Crippen LogP contribution < -0.4 is 10.1 Å². The molecule has 2 fully saturated rings. The first-order valence-corrected chi connectivity index (χ1v) is 14.9. The van der Waals surface area contributed by atoms with Crippen molar-refractivity contribution in [3.8, 4) is 17.0 Å². The van der Waals surface area contributed by atoms with Gasteiger partial charge in [0.25, 0.3) is 5.91 Å². The molecule has 0 radical (unpaired) electrons. The van der Waals surface area contributed by atoms with Crippen molar-refractivity contribution in [1.82, 2.24) is 34.9 Å². The third kappa shape index (κ3) is 5.60. The summed E-state index contributed by atoms with van der Waals surface area (Å²) in [5.41, 5.74) is 5.03. The highest BCUT2D eigenvalue weighted by Gasteiger charge is 2.39. The van der Waals surface area contributed by atoms with Crippen LogP contribution in [0.25, 0.3) is 22.3 Å². The van der Waals surface area contributed by atoms with Crippen LogP contribution in [0.1, 0.15) is 54.1 Å². The zero-order valence-corrected chi connectivity index (χ0v) is 23.8. The number of hydrogen-bond acceptors (Lipinski definition) is 8. The van der Waals surface area contributed by atoms with Crippen molar-refractivity contribution in [2.75, 3.05) is 26.2 Å². The molecular weight excluding hydrogens is 546 g/mol. The molecule has 11 heteroatoms. The summed E-state index contributed by atoms with van der Waals surface area (Å²) in [4.78, 5) is 50.0. The van der Waals surface area contributed by atoms with Gasteiger partial charge in [0.05, 0.1) is 41.8 Å². The van der Waals surface area contributed by atoms with Gasteiger partial charge in [0.2, 0.25) is 11.8 Å². The van der Waals surface area contributed by atoms with Gasteiger partial charge >= 0.3 is 0 Å². The minimum Gasteiger partial charge on any atom is -0.494 e. The van der Waals surface area contributed by atoms with Crippen molar-refractivity contribution in [2.24, 2.45) is 0 Å². The molecule has 4 aromatic rings. The van der Waals surface area contributed by atoms with E-state index in [1.807, 2.05) is 48.8 Å². The highest BCUT2D eigenvalue weighted by atomic mass is 16.5. The van der Waals surface area contributed by atoms with Crippen LogP contribution in [0, 0.1) is 0 Å². The number of nitrogens with one attached hydrogen (secondary N) is 1. The van der Waals surface area contributed by atoms with Gasteiger partial charge in [-0.15, -0.1) is 0 Å². The van der Waals surface area contributed by atoms with E-state index in [4.69, 9.17) is 9.72 Å². The normalized spacial score (nSPS) is 19.6. The molecular formula is C32H33N7O4. The lowest BCUT2D eigenvalue weighted by atomic mass is 10.0. The van der Waals surface area contributed by atoms with Gasteiger partial charge in [-0.25, -0.2) is 4.98 Å². The Morgan fingerprint density at radius 3 is 2.65 bits per heavy atom. The molecule has 220 valence electrons. The number of hydrogen-bond donors (Lipinski definition) is 1. The fourth-order valence-electron chi connectivity index (χ4n) is 6.29. The highest BCUT2D eigenvalue weighted by Crippen LogP contribution is 2.30. The average Bonchev–Trinajstić information content (AvgIpc) is 3.65. The summed E-state index contributed by atoms with van der Waals surface area (Å²) in [7, 11) is 0.